The van der Waals surface area contributed by atoms with Gasteiger partial charge >= 0.3 is 0 Å². The fraction of sp³-hybridized carbons (Fsp3) is 0.600. The van der Waals surface area contributed by atoms with Gasteiger partial charge in [0.1, 0.15) is 11.5 Å². The molecule has 1 saturated carbocycles. The van der Waals surface area contributed by atoms with E-state index >= 15 is 0 Å². The first-order chi connectivity index (χ1) is 9.20. The van der Waals surface area contributed by atoms with Gasteiger partial charge in [-0.15, -0.1) is 0 Å². The monoisotopic (exact) mass is 261 g/mol. The maximum Gasteiger partial charge on any atom is 0.270 e. The van der Waals surface area contributed by atoms with Crippen molar-refractivity contribution in [3.05, 3.63) is 23.9 Å². The lowest BCUT2D eigenvalue weighted by molar-refractivity contribution is 0.0914. The Bertz CT molecular complexity index is 427. The van der Waals surface area contributed by atoms with Gasteiger partial charge in [-0.05, 0) is 37.8 Å². The second-order valence-corrected chi connectivity index (χ2v) is 5.32. The van der Waals surface area contributed by atoms with E-state index in [1.807, 2.05) is 12.1 Å². The molecule has 1 aromatic rings. The minimum atomic E-state index is -0.0739. The summed E-state index contributed by atoms with van der Waals surface area (Å²) in [5.74, 6) is 1.26. The van der Waals surface area contributed by atoms with Crippen molar-refractivity contribution >= 4 is 11.7 Å². The highest BCUT2D eigenvalue weighted by Crippen LogP contribution is 2.26. The van der Waals surface area contributed by atoms with Crippen molar-refractivity contribution in [3.8, 4) is 0 Å². The molecule has 1 aromatic heterocycles. The van der Waals surface area contributed by atoms with E-state index in [0.29, 0.717) is 11.6 Å². The van der Waals surface area contributed by atoms with Gasteiger partial charge in [0.15, 0.2) is 0 Å². The molecule has 1 heterocycles. The Balaban J connectivity index is 1.95. The number of hydrogen-bond acceptors (Lipinski definition) is 3. The molecule has 1 fully saturated rings. The van der Waals surface area contributed by atoms with Gasteiger partial charge in [-0.1, -0.05) is 25.3 Å². The molecule has 2 rings (SSSR count). The summed E-state index contributed by atoms with van der Waals surface area (Å²) in [6, 6.07) is 5.68. The van der Waals surface area contributed by atoms with Gasteiger partial charge in [0.2, 0.25) is 0 Å². The number of hydrogen-bond donors (Lipinski definition) is 2. The van der Waals surface area contributed by atoms with Crippen molar-refractivity contribution in [1.82, 2.24) is 10.3 Å². The molecule has 4 heteroatoms. The number of amides is 1. The van der Waals surface area contributed by atoms with Crippen molar-refractivity contribution in [2.75, 3.05) is 12.4 Å². The average Bonchev–Trinajstić information content (AvgIpc) is 2.48. The number of anilines is 1. The van der Waals surface area contributed by atoms with E-state index in [1.54, 1.807) is 13.1 Å². The third-order valence-corrected chi connectivity index (χ3v) is 3.95. The second kappa shape index (κ2) is 6.55. The number of pyridine rings is 1. The van der Waals surface area contributed by atoms with Crippen molar-refractivity contribution in [3.63, 3.8) is 0 Å². The molecule has 1 aliphatic carbocycles. The van der Waals surface area contributed by atoms with Crippen LogP contribution >= 0.6 is 0 Å². The van der Waals surface area contributed by atoms with Crippen molar-refractivity contribution in [2.45, 2.75) is 45.1 Å². The molecule has 19 heavy (non-hydrogen) atoms. The highest BCUT2D eigenvalue weighted by atomic mass is 16.1. The summed E-state index contributed by atoms with van der Waals surface area (Å²) < 4.78 is 0. The van der Waals surface area contributed by atoms with Gasteiger partial charge in [0.05, 0.1) is 0 Å². The molecule has 2 N–H and O–H groups in total. The van der Waals surface area contributed by atoms with E-state index in [9.17, 15) is 4.79 Å². The molecule has 1 aliphatic rings. The predicted octanol–water partition coefficient (Wildman–Crippen LogP) is 2.82. The smallest absolute Gasteiger partial charge is 0.270 e. The maximum absolute atomic E-state index is 12.2. The maximum atomic E-state index is 12.2. The van der Waals surface area contributed by atoms with Gasteiger partial charge in [-0.25, -0.2) is 4.98 Å². The van der Waals surface area contributed by atoms with Crippen LogP contribution in [0.1, 0.15) is 49.5 Å². The molecule has 0 radical (unpaired) electrons. The number of nitrogens with one attached hydrogen (secondary N) is 2. The van der Waals surface area contributed by atoms with Crippen LogP contribution in [0.4, 0.5) is 5.82 Å². The van der Waals surface area contributed by atoms with Crippen LogP contribution in [0.5, 0.6) is 0 Å². The lowest BCUT2D eigenvalue weighted by Crippen LogP contribution is -2.39. The Morgan fingerprint density at radius 2 is 2.05 bits per heavy atom. The zero-order valence-corrected chi connectivity index (χ0v) is 11.8. The number of carbonyl (C=O) groups excluding carboxylic acids is 1. The summed E-state index contributed by atoms with van der Waals surface area (Å²) >= 11 is 0. The van der Waals surface area contributed by atoms with Crippen molar-refractivity contribution in [1.29, 1.82) is 0 Å². The van der Waals surface area contributed by atoms with Crippen LogP contribution in [0.3, 0.4) is 0 Å². The summed E-state index contributed by atoms with van der Waals surface area (Å²) in [4.78, 5) is 16.4. The highest BCUT2D eigenvalue weighted by Gasteiger charge is 2.22. The first-order valence-corrected chi connectivity index (χ1v) is 7.16. The number of nitrogens with zero attached hydrogens (tertiary/aromatic N) is 1. The molecule has 1 atom stereocenters. The Morgan fingerprint density at radius 3 is 2.74 bits per heavy atom. The lowest BCUT2D eigenvalue weighted by Gasteiger charge is -2.28. The van der Waals surface area contributed by atoms with Gasteiger partial charge < -0.3 is 10.6 Å². The van der Waals surface area contributed by atoms with Crippen LogP contribution < -0.4 is 10.6 Å². The Kier molecular flexibility index (Phi) is 4.77. The van der Waals surface area contributed by atoms with Crippen LogP contribution in [-0.4, -0.2) is 24.0 Å². The van der Waals surface area contributed by atoms with Crippen LogP contribution in [0.2, 0.25) is 0 Å². The normalized spacial score (nSPS) is 17.8. The molecule has 0 aliphatic heterocycles. The van der Waals surface area contributed by atoms with Crippen LogP contribution in [-0.2, 0) is 0 Å². The fourth-order valence-electron chi connectivity index (χ4n) is 2.73. The summed E-state index contributed by atoms with van der Waals surface area (Å²) in [7, 11) is 1.80. The van der Waals surface area contributed by atoms with E-state index in [2.05, 4.69) is 22.5 Å². The minimum absolute atomic E-state index is 0.0739. The molecule has 4 nitrogen and oxygen atoms in total. The molecular weight excluding hydrogens is 238 g/mol. The van der Waals surface area contributed by atoms with Crippen LogP contribution in [0.25, 0.3) is 0 Å². The Labute approximate surface area is 115 Å². The second-order valence-electron chi connectivity index (χ2n) is 5.32. The van der Waals surface area contributed by atoms with E-state index < -0.39 is 0 Å². The minimum Gasteiger partial charge on any atom is -0.373 e. The van der Waals surface area contributed by atoms with Crippen LogP contribution in [0, 0.1) is 5.92 Å². The van der Waals surface area contributed by atoms with Crippen molar-refractivity contribution in [2.24, 2.45) is 5.92 Å². The van der Waals surface area contributed by atoms with Crippen LogP contribution in [0.15, 0.2) is 18.2 Å². The SMILES string of the molecule is CNc1cccc(C(=O)NC(C)C2CCCCC2)n1. The quantitative estimate of drug-likeness (QED) is 0.876. The Hall–Kier alpha value is -1.58. The molecule has 0 aromatic carbocycles. The third kappa shape index (κ3) is 3.69. The molecule has 0 saturated heterocycles. The number of carbonyl (C=O) groups is 1. The molecule has 0 spiro atoms. The van der Waals surface area contributed by atoms with E-state index in [0.717, 1.165) is 5.82 Å². The first-order valence-electron chi connectivity index (χ1n) is 7.16. The average molecular weight is 261 g/mol. The van der Waals surface area contributed by atoms with Crippen molar-refractivity contribution < 1.29 is 4.79 Å². The first kappa shape index (κ1) is 13.8. The summed E-state index contributed by atoms with van der Waals surface area (Å²) in [5.41, 5.74) is 0.481. The summed E-state index contributed by atoms with van der Waals surface area (Å²) in [5, 5.41) is 6.04. The van der Waals surface area contributed by atoms with Gasteiger partial charge in [0, 0.05) is 13.1 Å². The molecule has 1 amide bonds. The topological polar surface area (TPSA) is 54.0 Å². The number of rotatable bonds is 4. The zero-order valence-electron chi connectivity index (χ0n) is 11.8. The molecule has 1 unspecified atom stereocenters. The molecule has 104 valence electrons. The standard InChI is InChI=1S/C15H23N3O/c1-11(12-7-4-3-5-8-12)17-15(19)13-9-6-10-14(16-2)18-13/h6,9-12H,3-5,7-8H2,1-2H3,(H,16,18)(H,17,19). The Morgan fingerprint density at radius 1 is 1.32 bits per heavy atom. The zero-order chi connectivity index (χ0) is 13.7. The van der Waals surface area contributed by atoms with Gasteiger partial charge in [-0.3, -0.25) is 4.79 Å². The number of aromatic nitrogens is 1. The fourth-order valence-corrected chi connectivity index (χ4v) is 2.73. The summed E-state index contributed by atoms with van der Waals surface area (Å²) in [6.45, 7) is 2.11. The lowest BCUT2D eigenvalue weighted by atomic mass is 9.84. The van der Waals surface area contributed by atoms with Gasteiger partial charge in [-0.2, -0.15) is 0 Å². The van der Waals surface area contributed by atoms with E-state index in [1.165, 1.54) is 32.1 Å². The van der Waals surface area contributed by atoms with E-state index in [-0.39, 0.29) is 11.9 Å². The predicted molar refractivity (Wildman–Crippen MR) is 77.3 cm³/mol. The highest BCUT2D eigenvalue weighted by molar-refractivity contribution is 5.92. The third-order valence-electron chi connectivity index (χ3n) is 3.95. The summed E-state index contributed by atoms with van der Waals surface area (Å²) in [6.07, 6.45) is 6.37. The largest absolute Gasteiger partial charge is 0.373 e. The molecule has 0 bridgehead atoms. The van der Waals surface area contributed by atoms with E-state index in [4.69, 9.17) is 0 Å². The molecular formula is C15H23N3O. The van der Waals surface area contributed by atoms with Gasteiger partial charge in [0.25, 0.3) is 5.91 Å².